The van der Waals surface area contributed by atoms with E-state index in [9.17, 15) is 8.42 Å². The number of nitrogens with zero attached hydrogens (tertiary/aromatic N) is 4. The lowest BCUT2D eigenvalue weighted by atomic mass is 9.88. The zero-order chi connectivity index (χ0) is 18.7. The molecular formula is C19H28N4O2S. The van der Waals surface area contributed by atoms with Gasteiger partial charge in [0.25, 0.3) is 0 Å². The van der Waals surface area contributed by atoms with Crippen LogP contribution in [0.15, 0.2) is 30.5 Å². The van der Waals surface area contributed by atoms with Gasteiger partial charge >= 0.3 is 0 Å². The van der Waals surface area contributed by atoms with Crippen molar-refractivity contribution in [2.75, 3.05) is 19.3 Å². The predicted molar refractivity (Wildman–Crippen MR) is 103 cm³/mol. The van der Waals surface area contributed by atoms with Gasteiger partial charge in [0, 0.05) is 18.8 Å². The van der Waals surface area contributed by atoms with Gasteiger partial charge in [0.15, 0.2) is 9.84 Å². The first-order chi connectivity index (χ1) is 12.3. The summed E-state index contributed by atoms with van der Waals surface area (Å²) >= 11 is 0. The third kappa shape index (κ3) is 5.14. The molecule has 1 aliphatic rings. The molecule has 7 heteroatoms. The summed E-state index contributed by atoms with van der Waals surface area (Å²) in [5.41, 5.74) is 3.17. The molecule has 1 aromatic heterocycles. The maximum Gasteiger partial charge on any atom is 0.151 e. The van der Waals surface area contributed by atoms with Crippen molar-refractivity contribution in [1.29, 1.82) is 0 Å². The van der Waals surface area contributed by atoms with Gasteiger partial charge in [-0.2, -0.15) is 0 Å². The molecule has 1 fully saturated rings. The van der Waals surface area contributed by atoms with Crippen molar-refractivity contribution >= 4 is 9.84 Å². The molecule has 0 amide bonds. The fraction of sp³-hybridized carbons (Fsp3) is 0.579. The van der Waals surface area contributed by atoms with Crippen LogP contribution in [-0.4, -0.2) is 47.7 Å². The summed E-state index contributed by atoms with van der Waals surface area (Å²) in [7, 11) is -3.00. The molecule has 1 aliphatic heterocycles. The number of hydrogen-bond acceptors (Lipinski definition) is 5. The largest absolute Gasteiger partial charge is 0.297 e. The summed E-state index contributed by atoms with van der Waals surface area (Å²) in [6, 6.07) is 8.40. The molecule has 26 heavy (non-hydrogen) atoms. The molecule has 2 aromatic rings. The molecule has 1 aromatic carbocycles. The number of likely N-dealkylation sites (tertiary alicyclic amines) is 1. The Bertz CT molecular complexity index is 837. The van der Waals surface area contributed by atoms with Crippen LogP contribution in [-0.2, 0) is 22.1 Å². The Morgan fingerprint density at radius 3 is 2.58 bits per heavy atom. The van der Waals surface area contributed by atoms with Gasteiger partial charge in [0.1, 0.15) is 0 Å². The van der Waals surface area contributed by atoms with Crippen molar-refractivity contribution in [2.24, 2.45) is 0 Å². The van der Waals surface area contributed by atoms with Crippen molar-refractivity contribution in [1.82, 2.24) is 19.9 Å². The lowest BCUT2D eigenvalue weighted by molar-refractivity contribution is 0.202. The summed E-state index contributed by atoms with van der Waals surface area (Å²) in [5.74, 6) is 0.614. The Hall–Kier alpha value is -1.73. The fourth-order valence-electron chi connectivity index (χ4n) is 3.53. The third-order valence-electron chi connectivity index (χ3n) is 4.91. The van der Waals surface area contributed by atoms with Gasteiger partial charge in [-0.25, -0.2) is 13.1 Å². The van der Waals surface area contributed by atoms with Crippen LogP contribution in [0.3, 0.4) is 0 Å². The average molecular weight is 377 g/mol. The molecule has 0 atom stereocenters. The molecule has 0 radical (unpaired) electrons. The van der Waals surface area contributed by atoms with Gasteiger partial charge in [-0.15, -0.1) is 5.10 Å². The minimum atomic E-state index is -3.00. The normalized spacial score (nSPS) is 17.1. The highest BCUT2D eigenvalue weighted by Gasteiger charge is 2.22. The van der Waals surface area contributed by atoms with E-state index >= 15 is 0 Å². The lowest BCUT2D eigenvalue weighted by Gasteiger charge is -2.31. The monoisotopic (exact) mass is 376 g/mol. The molecule has 3 rings (SSSR count). The van der Waals surface area contributed by atoms with Crippen LogP contribution >= 0.6 is 0 Å². The first-order valence-corrected chi connectivity index (χ1v) is 11.3. The Morgan fingerprint density at radius 2 is 1.96 bits per heavy atom. The summed E-state index contributed by atoms with van der Waals surface area (Å²) in [6.45, 7) is 7.09. The second kappa shape index (κ2) is 7.88. The molecule has 6 nitrogen and oxygen atoms in total. The molecule has 2 heterocycles. The highest BCUT2D eigenvalue weighted by atomic mass is 32.2. The molecule has 0 unspecified atom stereocenters. The van der Waals surface area contributed by atoms with Crippen molar-refractivity contribution in [3.05, 3.63) is 47.3 Å². The molecule has 0 spiro atoms. The second-order valence-electron chi connectivity index (χ2n) is 7.65. The van der Waals surface area contributed by atoms with Gasteiger partial charge in [0.05, 0.1) is 17.6 Å². The van der Waals surface area contributed by atoms with Crippen LogP contribution in [0.2, 0.25) is 0 Å². The van der Waals surface area contributed by atoms with E-state index in [0.29, 0.717) is 12.0 Å². The average Bonchev–Trinajstić information content (AvgIpc) is 3.03. The van der Waals surface area contributed by atoms with E-state index in [2.05, 4.69) is 41.2 Å². The smallest absolute Gasteiger partial charge is 0.151 e. The van der Waals surface area contributed by atoms with Crippen molar-refractivity contribution in [2.45, 2.75) is 50.9 Å². The predicted octanol–water partition coefficient (Wildman–Crippen LogP) is 2.78. The van der Waals surface area contributed by atoms with E-state index in [4.69, 9.17) is 0 Å². The van der Waals surface area contributed by atoms with E-state index in [1.54, 1.807) is 0 Å². The van der Waals surface area contributed by atoms with Gasteiger partial charge in [-0.3, -0.25) is 4.90 Å². The highest BCUT2D eigenvalue weighted by Crippen LogP contribution is 2.29. The first kappa shape index (κ1) is 19.0. The van der Waals surface area contributed by atoms with E-state index in [1.165, 1.54) is 11.8 Å². The Kier molecular flexibility index (Phi) is 5.77. The molecule has 1 saturated heterocycles. The van der Waals surface area contributed by atoms with Crippen LogP contribution < -0.4 is 0 Å². The van der Waals surface area contributed by atoms with E-state index < -0.39 is 9.84 Å². The zero-order valence-electron chi connectivity index (χ0n) is 15.8. The third-order valence-corrected chi connectivity index (χ3v) is 5.77. The number of rotatable bonds is 6. The minimum absolute atomic E-state index is 0.116. The number of piperidine rings is 1. The van der Waals surface area contributed by atoms with E-state index in [0.717, 1.165) is 43.7 Å². The van der Waals surface area contributed by atoms with Crippen LogP contribution in [0.25, 0.3) is 0 Å². The number of sulfone groups is 1. The highest BCUT2D eigenvalue weighted by molar-refractivity contribution is 7.89. The van der Waals surface area contributed by atoms with Gasteiger partial charge in [-0.1, -0.05) is 29.5 Å². The van der Waals surface area contributed by atoms with Gasteiger partial charge in [0.2, 0.25) is 0 Å². The Balaban J connectivity index is 1.57. The lowest BCUT2D eigenvalue weighted by Crippen LogP contribution is -2.32. The molecular weight excluding hydrogens is 348 g/mol. The Morgan fingerprint density at radius 1 is 1.23 bits per heavy atom. The quantitative estimate of drug-likeness (QED) is 0.775. The maximum absolute atomic E-state index is 11.5. The van der Waals surface area contributed by atoms with Crippen molar-refractivity contribution in [3.8, 4) is 0 Å². The molecule has 0 saturated carbocycles. The summed E-state index contributed by atoms with van der Waals surface area (Å²) < 4.78 is 25.0. The Labute approximate surface area is 156 Å². The van der Waals surface area contributed by atoms with Crippen LogP contribution in [0, 0.1) is 0 Å². The van der Waals surface area contributed by atoms with Crippen molar-refractivity contribution in [3.63, 3.8) is 0 Å². The van der Waals surface area contributed by atoms with Crippen LogP contribution in [0.4, 0.5) is 0 Å². The van der Waals surface area contributed by atoms with Gasteiger partial charge in [-0.05, 0) is 56.8 Å². The topological polar surface area (TPSA) is 68.1 Å². The standard InChI is InChI=1S/C19H28N4O2S/c1-15(2)23-13-19(20-21-23)12-22-9-7-17(8-10-22)18-6-4-5-16(11-18)14-26(3,24)25/h4-6,11,13,15,17H,7-10,12,14H2,1-3H3. The summed E-state index contributed by atoms with van der Waals surface area (Å²) in [6.07, 6.45) is 5.49. The maximum atomic E-state index is 11.5. The molecule has 142 valence electrons. The van der Waals surface area contributed by atoms with E-state index in [1.807, 2.05) is 23.0 Å². The van der Waals surface area contributed by atoms with Crippen LogP contribution in [0.1, 0.15) is 55.5 Å². The zero-order valence-corrected chi connectivity index (χ0v) is 16.6. The molecule has 0 aliphatic carbocycles. The second-order valence-corrected chi connectivity index (χ2v) is 9.79. The number of aromatic nitrogens is 3. The SMILES string of the molecule is CC(C)n1cc(CN2CCC(c3cccc(CS(C)(=O)=O)c3)CC2)nn1. The van der Waals surface area contributed by atoms with E-state index in [-0.39, 0.29) is 5.75 Å². The molecule has 0 N–H and O–H groups in total. The minimum Gasteiger partial charge on any atom is -0.297 e. The van der Waals surface area contributed by atoms with Crippen LogP contribution in [0.5, 0.6) is 0 Å². The summed E-state index contributed by atoms with van der Waals surface area (Å²) in [5, 5.41) is 8.44. The molecule has 0 bridgehead atoms. The number of benzene rings is 1. The fourth-order valence-corrected chi connectivity index (χ4v) is 4.32. The summed E-state index contributed by atoms with van der Waals surface area (Å²) in [4.78, 5) is 2.42. The first-order valence-electron chi connectivity index (χ1n) is 9.20. The number of hydrogen-bond donors (Lipinski definition) is 0. The van der Waals surface area contributed by atoms with Crippen molar-refractivity contribution < 1.29 is 8.42 Å². The van der Waals surface area contributed by atoms with Gasteiger partial charge < -0.3 is 0 Å².